The van der Waals surface area contributed by atoms with Crippen LogP contribution in [-0.2, 0) is 0 Å². The summed E-state index contributed by atoms with van der Waals surface area (Å²) in [6.07, 6.45) is 0. The van der Waals surface area contributed by atoms with E-state index in [-0.39, 0.29) is 0 Å². The zero-order valence-electron chi connectivity index (χ0n) is 35.6. The molecule has 0 aliphatic rings. The molecule has 0 spiro atoms. The van der Waals surface area contributed by atoms with E-state index in [4.69, 9.17) is 21.5 Å². The fraction of sp³-hybridized carbons (Fsp3) is 0. The third-order valence-corrected chi connectivity index (χ3v) is 12.2. The van der Waals surface area contributed by atoms with E-state index in [2.05, 4.69) is 126 Å². The van der Waals surface area contributed by atoms with Gasteiger partial charge in [-0.05, 0) is 102 Å². The lowest BCUT2D eigenvalue weighted by Crippen LogP contribution is -2.00. The first-order valence-corrected chi connectivity index (χ1v) is 21.8. The molecule has 0 aliphatic heterocycles. The average Bonchev–Trinajstić information content (AvgIpc) is 3.40. The van der Waals surface area contributed by atoms with E-state index in [0.29, 0.717) is 34.3 Å². The molecule has 10 aromatic carbocycles. The van der Waals surface area contributed by atoms with Gasteiger partial charge < -0.3 is 0 Å². The van der Waals surface area contributed by atoms with Gasteiger partial charge >= 0.3 is 0 Å². The molecule has 0 aliphatic carbocycles. The molecule has 0 saturated heterocycles. The van der Waals surface area contributed by atoms with Crippen molar-refractivity contribution >= 4 is 27.2 Å². The Morgan fingerprint density at radius 1 is 0.348 bits per heavy atom. The molecule has 11 rings (SSSR count). The average molecular weight is 840 g/mol. The maximum atomic E-state index is 10.6. The Balaban J connectivity index is 0.957. The quantitative estimate of drug-likeness (QED) is 0.113. The Morgan fingerprint density at radius 2 is 0.848 bits per heavy atom. The van der Waals surface area contributed by atoms with Gasteiger partial charge in [-0.1, -0.05) is 194 Å². The fourth-order valence-corrected chi connectivity index (χ4v) is 8.89. The van der Waals surface area contributed by atoms with Crippen molar-refractivity contribution in [2.24, 2.45) is 0 Å². The van der Waals surface area contributed by atoms with Gasteiger partial charge in [0.15, 0.2) is 23.2 Å². The minimum Gasteiger partial charge on any atom is -0.237 e. The van der Waals surface area contributed by atoms with Crippen LogP contribution in [-0.4, -0.2) is 15.0 Å². The van der Waals surface area contributed by atoms with Crippen molar-refractivity contribution in [2.45, 2.75) is 0 Å². The second kappa shape index (κ2) is 17.1. The Bertz CT molecular complexity index is 3710. The van der Waals surface area contributed by atoms with Crippen molar-refractivity contribution in [3.63, 3.8) is 0 Å². The third kappa shape index (κ3) is 7.54. The van der Waals surface area contributed by atoms with Gasteiger partial charge in [-0.25, -0.2) is 19.8 Å². The van der Waals surface area contributed by atoms with Crippen LogP contribution in [0.25, 0.3) is 116 Å². The highest BCUT2D eigenvalue weighted by Crippen LogP contribution is 2.40. The van der Waals surface area contributed by atoms with Gasteiger partial charge in [0.1, 0.15) is 0 Å². The number of benzene rings is 10. The number of hydrogen-bond donors (Lipinski definition) is 0. The SMILES string of the molecule is [C-]#[N+]c1cc(-c2nc(-c3ccccc3)nc(-c3cccc(-c4c(C#N)cccc4-c4cccc(-c5ccc(-c6ccc7ccc8ccccc8c7c6)cc5)c4)c3)n2)ccc1-c1ccccc1. The summed E-state index contributed by atoms with van der Waals surface area (Å²) in [7, 11) is 0. The molecule has 306 valence electrons. The molecule has 0 amide bonds. The Hall–Kier alpha value is -9.29. The van der Waals surface area contributed by atoms with Crippen LogP contribution in [0.3, 0.4) is 0 Å². The maximum Gasteiger partial charge on any atom is 0.195 e. The van der Waals surface area contributed by atoms with E-state index in [1.165, 1.54) is 27.1 Å². The molecule has 0 unspecified atom stereocenters. The molecule has 11 aromatic rings. The van der Waals surface area contributed by atoms with Crippen molar-refractivity contribution in [3.8, 4) is 95.9 Å². The largest absolute Gasteiger partial charge is 0.237 e. The smallest absolute Gasteiger partial charge is 0.195 e. The van der Waals surface area contributed by atoms with Crippen molar-refractivity contribution < 1.29 is 0 Å². The number of rotatable bonds is 8. The highest BCUT2D eigenvalue weighted by Gasteiger charge is 2.18. The second-order valence-electron chi connectivity index (χ2n) is 16.2. The van der Waals surface area contributed by atoms with Crippen LogP contribution in [0.1, 0.15) is 5.56 Å². The second-order valence-corrected chi connectivity index (χ2v) is 16.2. The van der Waals surface area contributed by atoms with Gasteiger partial charge in [-0.2, -0.15) is 5.26 Å². The summed E-state index contributed by atoms with van der Waals surface area (Å²) in [4.78, 5) is 18.9. The molecule has 0 fully saturated rings. The van der Waals surface area contributed by atoms with E-state index in [0.717, 1.165) is 61.2 Å². The topological polar surface area (TPSA) is 66.8 Å². The van der Waals surface area contributed by atoms with Gasteiger partial charge in [0.05, 0.1) is 18.2 Å². The summed E-state index contributed by atoms with van der Waals surface area (Å²) >= 11 is 0. The summed E-state index contributed by atoms with van der Waals surface area (Å²) in [6, 6.07) is 78.9. The van der Waals surface area contributed by atoms with Gasteiger partial charge in [0, 0.05) is 22.3 Å². The van der Waals surface area contributed by atoms with E-state index in [1.54, 1.807) is 0 Å². The van der Waals surface area contributed by atoms with Gasteiger partial charge in [-0.15, -0.1) is 0 Å². The van der Waals surface area contributed by atoms with Crippen molar-refractivity contribution in [2.75, 3.05) is 0 Å². The van der Waals surface area contributed by atoms with Crippen LogP contribution < -0.4 is 0 Å². The molecule has 5 nitrogen and oxygen atoms in total. The zero-order valence-corrected chi connectivity index (χ0v) is 35.6. The molecule has 5 heteroatoms. The summed E-state index contributed by atoms with van der Waals surface area (Å²) in [6.45, 7) is 8.05. The first kappa shape index (κ1) is 39.5. The standard InChI is InChI=1S/C61H37N5/c1-63-57-38-51(33-34-54(57)42-13-4-2-5-14-42)61-65-59(45-16-6-3-7-17-45)64-60(66-61)50-21-11-20-49(36-50)58-52(39-62)22-12-24-55(58)48-19-10-18-46(35-48)40-25-27-41(28-26-40)47-32-31-44-30-29-43-15-8-9-23-53(43)56(44)37-47/h2-38H. The minimum absolute atomic E-state index is 0.461. The number of aromatic nitrogens is 3. The summed E-state index contributed by atoms with van der Waals surface area (Å²) < 4.78 is 0. The summed E-state index contributed by atoms with van der Waals surface area (Å²) in [5, 5.41) is 15.5. The van der Waals surface area contributed by atoms with Crippen LogP contribution in [0.5, 0.6) is 0 Å². The monoisotopic (exact) mass is 839 g/mol. The molecule has 0 N–H and O–H groups in total. The van der Waals surface area contributed by atoms with E-state index in [9.17, 15) is 5.26 Å². The summed E-state index contributed by atoms with van der Waals surface area (Å²) in [5.41, 5.74) is 13.4. The molecule has 0 bridgehead atoms. The number of fused-ring (bicyclic) bond motifs is 3. The normalized spacial score (nSPS) is 11.0. The predicted octanol–water partition coefficient (Wildman–Crippen LogP) is 15.9. The highest BCUT2D eigenvalue weighted by molar-refractivity contribution is 6.08. The zero-order chi connectivity index (χ0) is 44.4. The van der Waals surface area contributed by atoms with E-state index in [1.807, 2.05) is 109 Å². The lowest BCUT2D eigenvalue weighted by molar-refractivity contribution is 1.07. The van der Waals surface area contributed by atoms with Crippen LogP contribution in [0, 0.1) is 17.9 Å². The molecular formula is C61H37N5. The molecule has 1 aromatic heterocycles. The Morgan fingerprint density at radius 3 is 1.56 bits per heavy atom. The van der Waals surface area contributed by atoms with Crippen molar-refractivity contribution in [3.05, 3.63) is 241 Å². The number of nitriles is 1. The van der Waals surface area contributed by atoms with Crippen molar-refractivity contribution in [1.29, 1.82) is 5.26 Å². The number of hydrogen-bond acceptors (Lipinski definition) is 4. The Labute approximate surface area is 383 Å². The first-order valence-electron chi connectivity index (χ1n) is 21.8. The van der Waals surface area contributed by atoms with E-state index >= 15 is 0 Å². The molecule has 0 saturated carbocycles. The predicted molar refractivity (Wildman–Crippen MR) is 269 cm³/mol. The first-order chi connectivity index (χ1) is 32.6. The van der Waals surface area contributed by atoms with Crippen molar-refractivity contribution in [1.82, 2.24) is 15.0 Å². The molecule has 0 radical (unpaired) electrons. The molecular weight excluding hydrogens is 803 g/mol. The molecule has 66 heavy (non-hydrogen) atoms. The maximum absolute atomic E-state index is 10.6. The number of nitrogens with zero attached hydrogens (tertiary/aromatic N) is 5. The molecule has 1 heterocycles. The molecule has 0 atom stereocenters. The van der Waals surface area contributed by atoms with Crippen LogP contribution >= 0.6 is 0 Å². The van der Waals surface area contributed by atoms with Crippen LogP contribution in [0.2, 0.25) is 0 Å². The highest BCUT2D eigenvalue weighted by atomic mass is 15.0. The summed E-state index contributed by atoms with van der Waals surface area (Å²) in [5.74, 6) is 1.46. The third-order valence-electron chi connectivity index (χ3n) is 12.2. The lowest BCUT2D eigenvalue weighted by Gasteiger charge is -2.15. The van der Waals surface area contributed by atoms with Gasteiger partial charge in [-0.3, -0.25) is 0 Å². The van der Waals surface area contributed by atoms with Crippen LogP contribution in [0.4, 0.5) is 5.69 Å². The van der Waals surface area contributed by atoms with Crippen LogP contribution in [0.15, 0.2) is 224 Å². The van der Waals surface area contributed by atoms with E-state index < -0.39 is 0 Å². The van der Waals surface area contributed by atoms with Gasteiger partial charge in [0.2, 0.25) is 0 Å². The fourth-order valence-electron chi connectivity index (χ4n) is 8.89. The lowest BCUT2D eigenvalue weighted by atomic mass is 9.89. The van der Waals surface area contributed by atoms with Gasteiger partial charge in [0.25, 0.3) is 0 Å². The Kier molecular flexibility index (Phi) is 10.3. The minimum atomic E-state index is 0.461.